The van der Waals surface area contributed by atoms with E-state index >= 15 is 0 Å². The number of imidazole rings is 1. The van der Waals surface area contributed by atoms with E-state index in [2.05, 4.69) is 25.2 Å². The number of morpholine rings is 1. The van der Waals surface area contributed by atoms with Crippen molar-refractivity contribution in [2.45, 2.75) is 32.4 Å². The molecule has 8 nitrogen and oxygen atoms in total. The molecule has 35 heavy (non-hydrogen) atoms. The maximum absolute atomic E-state index is 14.8. The van der Waals surface area contributed by atoms with Crippen molar-refractivity contribution in [2.24, 2.45) is 0 Å². The van der Waals surface area contributed by atoms with Gasteiger partial charge in [-0.25, -0.2) is 23.7 Å². The number of aromatic nitrogens is 4. The molecule has 2 aromatic heterocycles. The number of ether oxygens (including phenoxy) is 2. The summed E-state index contributed by atoms with van der Waals surface area (Å²) in [5.41, 5.74) is 1.82. The molecule has 188 valence electrons. The van der Waals surface area contributed by atoms with E-state index in [0.29, 0.717) is 38.7 Å². The highest BCUT2D eigenvalue weighted by atomic mass is 35.5. The van der Waals surface area contributed by atoms with Gasteiger partial charge in [-0.2, -0.15) is 0 Å². The number of anilines is 2. The molecule has 1 N–H and O–H groups in total. The lowest BCUT2D eigenvalue weighted by molar-refractivity contribution is 0.0341. The van der Waals surface area contributed by atoms with E-state index in [1.54, 1.807) is 12.3 Å². The molecule has 2 saturated heterocycles. The summed E-state index contributed by atoms with van der Waals surface area (Å²) in [6.07, 6.45) is 4.38. The minimum atomic E-state index is -0.555. The highest BCUT2D eigenvalue weighted by molar-refractivity contribution is 5.85. The Morgan fingerprint density at radius 2 is 1.74 bits per heavy atom. The maximum atomic E-state index is 14.8. The minimum absolute atomic E-state index is 0. The second-order valence-corrected chi connectivity index (χ2v) is 8.62. The topological polar surface area (TPSA) is 77.3 Å². The van der Waals surface area contributed by atoms with Crippen molar-refractivity contribution in [3.63, 3.8) is 0 Å². The highest BCUT2D eigenvalue weighted by Gasteiger charge is 2.24. The second kappa shape index (κ2) is 11.4. The van der Waals surface area contributed by atoms with Gasteiger partial charge in [0.25, 0.3) is 0 Å². The van der Waals surface area contributed by atoms with Gasteiger partial charge in [0.1, 0.15) is 17.3 Å². The third kappa shape index (κ3) is 5.78. The smallest absolute Gasteiger partial charge is 0.228 e. The Labute approximate surface area is 209 Å². The molecule has 0 bridgehead atoms. The molecule has 0 spiro atoms. The van der Waals surface area contributed by atoms with Crippen molar-refractivity contribution >= 4 is 24.0 Å². The Morgan fingerprint density at radius 3 is 2.49 bits per heavy atom. The van der Waals surface area contributed by atoms with Crippen molar-refractivity contribution in [3.05, 3.63) is 53.6 Å². The van der Waals surface area contributed by atoms with Crippen LogP contribution in [0.5, 0.6) is 0 Å². The fourth-order valence-electron chi connectivity index (χ4n) is 4.54. The van der Waals surface area contributed by atoms with Crippen LogP contribution in [-0.2, 0) is 16.0 Å². The Morgan fingerprint density at radius 1 is 1.00 bits per heavy atom. The molecule has 2 aliphatic heterocycles. The lowest BCUT2D eigenvalue weighted by atomic mass is 10.1. The first-order valence-corrected chi connectivity index (χ1v) is 11.6. The lowest BCUT2D eigenvalue weighted by Crippen LogP contribution is -2.35. The molecule has 11 heteroatoms. The van der Waals surface area contributed by atoms with Gasteiger partial charge < -0.3 is 19.4 Å². The van der Waals surface area contributed by atoms with Crippen molar-refractivity contribution in [2.75, 3.05) is 44.8 Å². The average molecular weight is 507 g/mol. The lowest BCUT2D eigenvalue weighted by Gasteiger charge is -2.26. The van der Waals surface area contributed by atoms with Crippen LogP contribution in [0.1, 0.15) is 30.3 Å². The number of hydrogen-bond acceptors (Lipinski definition) is 7. The molecule has 1 aromatic carbocycles. The number of aryl methyl sites for hydroxylation is 1. The van der Waals surface area contributed by atoms with Crippen LogP contribution in [0.2, 0.25) is 0 Å². The second-order valence-electron chi connectivity index (χ2n) is 8.62. The number of nitrogens with zero attached hydrogens (tertiary/aromatic N) is 5. The zero-order valence-electron chi connectivity index (χ0n) is 19.5. The van der Waals surface area contributed by atoms with Gasteiger partial charge in [-0.15, -0.1) is 12.4 Å². The van der Waals surface area contributed by atoms with Crippen LogP contribution < -0.4 is 5.32 Å². The molecular weight excluding hydrogens is 478 g/mol. The molecule has 0 radical (unpaired) electrons. The van der Waals surface area contributed by atoms with Gasteiger partial charge in [-0.1, -0.05) is 6.07 Å². The van der Waals surface area contributed by atoms with Crippen LogP contribution in [0.25, 0.3) is 11.4 Å². The summed E-state index contributed by atoms with van der Waals surface area (Å²) >= 11 is 0. The van der Waals surface area contributed by atoms with Crippen LogP contribution in [0.3, 0.4) is 0 Å². The van der Waals surface area contributed by atoms with Crippen LogP contribution in [0.15, 0.2) is 30.6 Å². The van der Waals surface area contributed by atoms with Crippen molar-refractivity contribution < 1.29 is 18.3 Å². The number of halogens is 3. The van der Waals surface area contributed by atoms with E-state index in [-0.39, 0.29) is 35.8 Å². The molecule has 4 heterocycles. The zero-order valence-corrected chi connectivity index (χ0v) is 20.4. The van der Waals surface area contributed by atoms with Gasteiger partial charge in [0.05, 0.1) is 37.0 Å². The normalized spacial score (nSPS) is 17.2. The molecule has 3 aromatic rings. The zero-order chi connectivity index (χ0) is 23.5. The molecule has 0 aliphatic carbocycles. The fraction of sp³-hybridized carbons (Fsp3) is 0.458. The highest BCUT2D eigenvalue weighted by Crippen LogP contribution is 2.31. The molecule has 2 aliphatic rings. The first-order chi connectivity index (χ1) is 16.6. The molecule has 2 fully saturated rings. The van der Waals surface area contributed by atoms with E-state index in [9.17, 15) is 8.78 Å². The Balaban J connectivity index is 0.00000289. The number of hydrogen-bond donors (Lipinski definition) is 1. The Kier molecular flexibility index (Phi) is 8.27. The summed E-state index contributed by atoms with van der Waals surface area (Å²) < 4.78 is 42.5. The first-order valence-electron chi connectivity index (χ1n) is 11.6. The third-order valence-electron chi connectivity index (χ3n) is 6.31. The molecule has 0 saturated carbocycles. The van der Waals surface area contributed by atoms with E-state index in [0.717, 1.165) is 43.5 Å². The number of rotatable bonds is 6. The van der Waals surface area contributed by atoms with Crippen LogP contribution in [0, 0.1) is 18.6 Å². The monoisotopic (exact) mass is 506 g/mol. The van der Waals surface area contributed by atoms with Gasteiger partial charge in [-0.3, -0.25) is 4.90 Å². The van der Waals surface area contributed by atoms with Gasteiger partial charge >= 0.3 is 0 Å². The number of benzene rings is 1. The van der Waals surface area contributed by atoms with Gasteiger partial charge in [-0.05, 0) is 37.5 Å². The van der Waals surface area contributed by atoms with Crippen molar-refractivity contribution in [3.8, 4) is 11.4 Å². The van der Waals surface area contributed by atoms with Crippen LogP contribution >= 0.6 is 12.4 Å². The predicted molar refractivity (Wildman–Crippen MR) is 130 cm³/mol. The summed E-state index contributed by atoms with van der Waals surface area (Å²) in [6, 6.07) is 5.20. The van der Waals surface area contributed by atoms with E-state index in [1.165, 1.54) is 6.07 Å². The Bertz CT molecular complexity index is 1150. The van der Waals surface area contributed by atoms with E-state index in [4.69, 9.17) is 9.47 Å². The minimum Gasteiger partial charge on any atom is -0.381 e. The van der Waals surface area contributed by atoms with Gasteiger partial charge in [0.15, 0.2) is 5.82 Å². The van der Waals surface area contributed by atoms with Gasteiger partial charge in [0, 0.05) is 38.9 Å². The fourth-order valence-corrected chi connectivity index (χ4v) is 4.54. The largest absolute Gasteiger partial charge is 0.381 e. The molecule has 0 amide bonds. The molecule has 5 rings (SSSR count). The van der Waals surface area contributed by atoms with E-state index < -0.39 is 11.6 Å². The number of nitrogens with one attached hydrogen (secondary N) is 1. The van der Waals surface area contributed by atoms with Crippen LogP contribution in [-0.4, -0.2) is 63.9 Å². The summed E-state index contributed by atoms with van der Waals surface area (Å²) in [4.78, 5) is 15.0. The maximum Gasteiger partial charge on any atom is 0.228 e. The summed E-state index contributed by atoms with van der Waals surface area (Å²) in [5.74, 6) is -0.0617. The molecular formula is C24H29ClF2N6O2. The summed E-state index contributed by atoms with van der Waals surface area (Å²) in [6.45, 7) is 6.91. The van der Waals surface area contributed by atoms with E-state index in [1.807, 2.05) is 17.6 Å². The average Bonchev–Trinajstić information content (AvgIpc) is 3.24. The SMILES string of the molecule is Cc1ncc(-c2nc(Nc3ccc(CN4CCOCC4)cc3F)ncc2F)n1C1CCOCC1.Cl. The van der Waals surface area contributed by atoms with Crippen molar-refractivity contribution in [1.82, 2.24) is 24.4 Å². The Hall–Kier alpha value is -2.66. The molecule has 0 unspecified atom stereocenters. The van der Waals surface area contributed by atoms with Gasteiger partial charge in [0.2, 0.25) is 5.95 Å². The quantitative estimate of drug-likeness (QED) is 0.535. The summed E-state index contributed by atoms with van der Waals surface area (Å²) in [7, 11) is 0. The first kappa shape index (κ1) is 25.4. The predicted octanol–water partition coefficient (Wildman–Crippen LogP) is 4.28. The molecule has 0 atom stereocenters. The third-order valence-corrected chi connectivity index (χ3v) is 6.31. The summed E-state index contributed by atoms with van der Waals surface area (Å²) in [5, 5.41) is 2.90. The van der Waals surface area contributed by atoms with Crippen molar-refractivity contribution in [1.29, 1.82) is 0 Å². The van der Waals surface area contributed by atoms with Crippen LogP contribution in [0.4, 0.5) is 20.4 Å². The standard InChI is InChI=1S/C24H28F2N6O2.ClH/c1-16-27-14-22(32(16)18-4-8-33-9-5-18)23-20(26)13-28-24(30-23)29-21-3-2-17(12-19(21)25)15-31-6-10-34-11-7-31;/h2-3,12-14,18H,4-11,15H2,1H3,(H,28,29,30);1H.